The van der Waals surface area contributed by atoms with Crippen LogP contribution in [-0.4, -0.2) is 19.0 Å². The average molecular weight is 301 g/mol. The van der Waals surface area contributed by atoms with Gasteiger partial charge in [0, 0.05) is 25.3 Å². The van der Waals surface area contributed by atoms with Crippen molar-refractivity contribution in [2.75, 3.05) is 18.0 Å². The van der Waals surface area contributed by atoms with Gasteiger partial charge in [-0.2, -0.15) is 13.2 Å². The van der Waals surface area contributed by atoms with E-state index in [2.05, 4.69) is 0 Å². The molecule has 116 valence electrons. The summed E-state index contributed by atoms with van der Waals surface area (Å²) in [7, 11) is 0. The van der Waals surface area contributed by atoms with Crippen molar-refractivity contribution in [1.82, 2.24) is 0 Å². The number of anilines is 1. The van der Waals surface area contributed by atoms with E-state index in [0.717, 1.165) is 18.9 Å². The Balaban J connectivity index is 2.26. The van der Waals surface area contributed by atoms with E-state index in [1.165, 1.54) is 12.1 Å². The Morgan fingerprint density at radius 2 is 2.10 bits per heavy atom. The average Bonchev–Trinajstić information content (AvgIpc) is 2.45. The number of piperidine rings is 1. The SMILES string of the molecule is NCc1cc(N2CCCC(C(N)=O)C2)ccc1C(F)(F)F. The zero-order valence-electron chi connectivity index (χ0n) is 11.5. The Morgan fingerprint density at radius 3 is 2.67 bits per heavy atom. The number of alkyl halides is 3. The van der Waals surface area contributed by atoms with Gasteiger partial charge in [0.15, 0.2) is 0 Å². The van der Waals surface area contributed by atoms with E-state index in [9.17, 15) is 18.0 Å². The van der Waals surface area contributed by atoms with Crippen LogP contribution in [-0.2, 0) is 17.5 Å². The summed E-state index contributed by atoms with van der Waals surface area (Å²) < 4.78 is 38.5. The van der Waals surface area contributed by atoms with Gasteiger partial charge in [0.1, 0.15) is 0 Å². The van der Waals surface area contributed by atoms with Gasteiger partial charge in [-0.25, -0.2) is 0 Å². The molecule has 1 aliphatic heterocycles. The van der Waals surface area contributed by atoms with Crippen LogP contribution in [0, 0.1) is 5.92 Å². The fraction of sp³-hybridized carbons (Fsp3) is 0.500. The molecular formula is C14H18F3N3O. The van der Waals surface area contributed by atoms with E-state index in [1.807, 2.05) is 4.90 Å². The third kappa shape index (κ3) is 3.47. The molecule has 4 N–H and O–H groups in total. The predicted octanol–water partition coefficient (Wildman–Crippen LogP) is 1.87. The van der Waals surface area contributed by atoms with E-state index >= 15 is 0 Å². The highest BCUT2D eigenvalue weighted by molar-refractivity contribution is 5.77. The van der Waals surface area contributed by atoms with Gasteiger partial charge >= 0.3 is 6.18 Å². The van der Waals surface area contributed by atoms with E-state index in [1.54, 1.807) is 0 Å². The number of nitrogens with zero attached hydrogens (tertiary/aromatic N) is 1. The maximum atomic E-state index is 12.8. The normalized spacial score (nSPS) is 19.6. The van der Waals surface area contributed by atoms with Gasteiger partial charge in [0.05, 0.1) is 11.5 Å². The summed E-state index contributed by atoms with van der Waals surface area (Å²) in [4.78, 5) is 13.2. The number of rotatable bonds is 3. The van der Waals surface area contributed by atoms with Crippen LogP contribution in [0.5, 0.6) is 0 Å². The van der Waals surface area contributed by atoms with E-state index in [-0.39, 0.29) is 23.9 Å². The number of hydrogen-bond acceptors (Lipinski definition) is 3. The van der Waals surface area contributed by atoms with Gasteiger partial charge in [0.2, 0.25) is 5.91 Å². The Kier molecular flexibility index (Phi) is 4.41. The topological polar surface area (TPSA) is 72.3 Å². The molecule has 1 aromatic rings. The zero-order valence-corrected chi connectivity index (χ0v) is 11.5. The van der Waals surface area contributed by atoms with Crippen LogP contribution < -0.4 is 16.4 Å². The lowest BCUT2D eigenvalue weighted by atomic mass is 9.96. The largest absolute Gasteiger partial charge is 0.416 e. The highest BCUT2D eigenvalue weighted by Gasteiger charge is 2.33. The van der Waals surface area contributed by atoms with E-state index in [0.29, 0.717) is 18.8 Å². The molecular weight excluding hydrogens is 283 g/mol. The Bertz CT molecular complexity index is 531. The first kappa shape index (κ1) is 15.6. The Morgan fingerprint density at radius 1 is 1.38 bits per heavy atom. The van der Waals surface area contributed by atoms with Crippen LogP contribution in [0.15, 0.2) is 18.2 Å². The molecule has 4 nitrogen and oxygen atoms in total. The van der Waals surface area contributed by atoms with Crippen LogP contribution in [0.25, 0.3) is 0 Å². The van der Waals surface area contributed by atoms with Gasteiger partial charge in [-0.3, -0.25) is 4.79 Å². The summed E-state index contributed by atoms with van der Waals surface area (Å²) in [5.74, 6) is -0.631. The number of halogens is 3. The molecule has 21 heavy (non-hydrogen) atoms. The van der Waals surface area contributed by atoms with Crippen LogP contribution in [0.3, 0.4) is 0 Å². The molecule has 0 spiro atoms. The Hall–Kier alpha value is -1.76. The molecule has 0 aromatic heterocycles. The number of benzene rings is 1. The monoisotopic (exact) mass is 301 g/mol. The second kappa shape index (κ2) is 5.93. The quantitative estimate of drug-likeness (QED) is 0.895. The lowest BCUT2D eigenvalue weighted by Gasteiger charge is -2.33. The van der Waals surface area contributed by atoms with Crippen LogP contribution >= 0.6 is 0 Å². The molecule has 1 heterocycles. The fourth-order valence-electron chi connectivity index (χ4n) is 2.67. The lowest BCUT2D eigenvalue weighted by Crippen LogP contribution is -2.41. The van der Waals surface area contributed by atoms with Crippen molar-refractivity contribution in [1.29, 1.82) is 0 Å². The first-order chi connectivity index (χ1) is 9.82. The lowest BCUT2D eigenvalue weighted by molar-refractivity contribution is -0.138. The van der Waals surface area contributed by atoms with Crippen LogP contribution in [0.2, 0.25) is 0 Å². The molecule has 7 heteroatoms. The zero-order chi connectivity index (χ0) is 15.6. The predicted molar refractivity (Wildman–Crippen MR) is 73.5 cm³/mol. The van der Waals surface area contributed by atoms with Crippen LogP contribution in [0.4, 0.5) is 18.9 Å². The number of hydrogen-bond donors (Lipinski definition) is 2. The van der Waals surface area contributed by atoms with Crippen molar-refractivity contribution >= 4 is 11.6 Å². The summed E-state index contributed by atoms with van der Waals surface area (Å²) >= 11 is 0. The van der Waals surface area contributed by atoms with Crippen molar-refractivity contribution in [3.05, 3.63) is 29.3 Å². The molecule has 1 aliphatic rings. The summed E-state index contributed by atoms with van der Waals surface area (Å²) in [5, 5.41) is 0. The highest BCUT2D eigenvalue weighted by Crippen LogP contribution is 2.34. The standard InChI is InChI=1S/C14H18F3N3O/c15-14(16,17)12-4-3-11(6-10(12)7-18)20-5-1-2-9(8-20)13(19)21/h3-4,6,9H,1-2,5,7-8,18H2,(H2,19,21). The van der Waals surface area contributed by atoms with Crippen molar-refractivity contribution < 1.29 is 18.0 Å². The molecule has 1 aromatic carbocycles. The van der Waals surface area contributed by atoms with Crippen molar-refractivity contribution in [3.63, 3.8) is 0 Å². The van der Waals surface area contributed by atoms with Gasteiger partial charge in [-0.05, 0) is 36.6 Å². The van der Waals surface area contributed by atoms with Crippen molar-refractivity contribution in [3.8, 4) is 0 Å². The summed E-state index contributed by atoms with van der Waals surface area (Å²) in [6.45, 7) is 0.944. The minimum Gasteiger partial charge on any atom is -0.371 e. The number of nitrogens with two attached hydrogens (primary N) is 2. The number of amides is 1. The summed E-state index contributed by atoms with van der Waals surface area (Å²) in [5.41, 5.74) is 10.7. The number of carbonyl (C=O) groups excluding carboxylic acids is 1. The Labute approximate surface area is 120 Å². The smallest absolute Gasteiger partial charge is 0.371 e. The summed E-state index contributed by atoms with van der Waals surface area (Å²) in [6, 6.07) is 3.92. The maximum absolute atomic E-state index is 12.8. The first-order valence-electron chi connectivity index (χ1n) is 6.77. The minimum absolute atomic E-state index is 0.0567. The van der Waals surface area contributed by atoms with Gasteiger partial charge in [0.25, 0.3) is 0 Å². The second-order valence-electron chi connectivity index (χ2n) is 5.23. The molecule has 1 atom stereocenters. The fourth-order valence-corrected chi connectivity index (χ4v) is 2.67. The molecule has 1 saturated heterocycles. The summed E-state index contributed by atoms with van der Waals surface area (Å²) in [6.07, 6.45) is -2.91. The molecule has 1 fully saturated rings. The maximum Gasteiger partial charge on any atom is 0.416 e. The molecule has 2 rings (SSSR count). The molecule has 1 unspecified atom stereocenters. The van der Waals surface area contributed by atoms with Crippen molar-refractivity contribution in [2.45, 2.75) is 25.6 Å². The molecule has 0 radical (unpaired) electrons. The third-order valence-electron chi connectivity index (χ3n) is 3.80. The third-order valence-corrected chi connectivity index (χ3v) is 3.80. The van der Waals surface area contributed by atoms with E-state index < -0.39 is 11.7 Å². The number of carbonyl (C=O) groups is 1. The second-order valence-corrected chi connectivity index (χ2v) is 5.23. The van der Waals surface area contributed by atoms with E-state index in [4.69, 9.17) is 11.5 Å². The minimum atomic E-state index is -4.41. The van der Waals surface area contributed by atoms with Gasteiger partial charge in [-0.1, -0.05) is 0 Å². The molecule has 0 bridgehead atoms. The van der Waals surface area contributed by atoms with Crippen LogP contribution in [0.1, 0.15) is 24.0 Å². The van der Waals surface area contributed by atoms with Gasteiger partial charge < -0.3 is 16.4 Å². The highest BCUT2D eigenvalue weighted by atomic mass is 19.4. The number of primary amides is 1. The first-order valence-corrected chi connectivity index (χ1v) is 6.77. The van der Waals surface area contributed by atoms with Gasteiger partial charge in [-0.15, -0.1) is 0 Å². The molecule has 1 amide bonds. The molecule has 0 aliphatic carbocycles. The molecule has 0 saturated carbocycles. The van der Waals surface area contributed by atoms with Crippen molar-refractivity contribution in [2.24, 2.45) is 17.4 Å².